The Labute approximate surface area is 305 Å². The summed E-state index contributed by atoms with van der Waals surface area (Å²) in [6, 6.07) is 66.7. The molecule has 4 heteroatoms. The molecule has 8 aromatic carbocycles. The Balaban J connectivity index is 1.04. The van der Waals surface area contributed by atoms with E-state index in [1.165, 1.54) is 20.2 Å². The smallest absolute Gasteiger partial charge is 0.0973 e. The predicted molar refractivity (Wildman–Crippen MR) is 221 cm³/mol. The van der Waals surface area contributed by atoms with Gasteiger partial charge < -0.3 is 4.90 Å². The second-order valence-corrected chi connectivity index (χ2v) is 14.1. The van der Waals surface area contributed by atoms with Gasteiger partial charge in [-0.1, -0.05) is 127 Å². The zero-order valence-electron chi connectivity index (χ0n) is 28.1. The summed E-state index contributed by atoms with van der Waals surface area (Å²) in [5, 5.41) is 4.82. The first-order valence-electron chi connectivity index (χ1n) is 17.5. The molecule has 0 saturated carbocycles. The van der Waals surface area contributed by atoms with E-state index < -0.39 is 0 Å². The third-order valence-corrected chi connectivity index (χ3v) is 11.0. The van der Waals surface area contributed by atoms with Crippen LogP contribution in [0.5, 0.6) is 0 Å². The van der Waals surface area contributed by atoms with Crippen molar-refractivity contribution in [3.8, 4) is 33.6 Å². The normalized spacial score (nSPS) is 11.5. The second-order valence-electron chi connectivity index (χ2n) is 13.0. The molecule has 244 valence electrons. The SMILES string of the molecule is c1ccc(-c2nc3ccc4cc(-c5ccc(N(c6ccccc6)c6ccc7sc8ccccc8c7c6)cc5)ccc4c3nc2-c2ccccc2)cc1. The monoisotopic (exact) mass is 681 g/mol. The van der Waals surface area contributed by atoms with Gasteiger partial charge in [0.25, 0.3) is 0 Å². The van der Waals surface area contributed by atoms with E-state index in [4.69, 9.17) is 9.97 Å². The van der Waals surface area contributed by atoms with E-state index in [1.807, 2.05) is 23.5 Å². The molecule has 0 unspecified atom stereocenters. The van der Waals surface area contributed by atoms with Crippen molar-refractivity contribution in [1.82, 2.24) is 9.97 Å². The van der Waals surface area contributed by atoms with Crippen molar-refractivity contribution in [3.05, 3.63) is 188 Å². The van der Waals surface area contributed by atoms with Gasteiger partial charge in [-0.05, 0) is 77.2 Å². The quantitative estimate of drug-likeness (QED) is 0.164. The van der Waals surface area contributed by atoms with Crippen molar-refractivity contribution in [3.63, 3.8) is 0 Å². The molecule has 0 saturated heterocycles. The molecule has 0 spiro atoms. The fraction of sp³-hybridized carbons (Fsp3) is 0. The van der Waals surface area contributed by atoms with Crippen LogP contribution in [0.4, 0.5) is 17.1 Å². The van der Waals surface area contributed by atoms with E-state index in [-0.39, 0.29) is 0 Å². The summed E-state index contributed by atoms with van der Waals surface area (Å²) < 4.78 is 2.62. The van der Waals surface area contributed by atoms with E-state index in [0.717, 1.165) is 72.5 Å². The van der Waals surface area contributed by atoms with Crippen LogP contribution in [0.3, 0.4) is 0 Å². The number of benzene rings is 8. The highest BCUT2D eigenvalue weighted by Gasteiger charge is 2.17. The molecule has 2 heterocycles. The van der Waals surface area contributed by atoms with Crippen molar-refractivity contribution in [2.75, 3.05) is 4.90 Å². The lowest BCUT2D eigenvalue weighted by Crippen LogP contribution is -2.09. The van der Waals surface area contributed by atoms with Gasteiger partial charge in [0.05, 0.1) is 22.4 Å². The summed E-state index contributed by atoms with van der Waals surface area (Å²) in [7, 11) is 0. The molecule has 0 radical (unpaired) electrons. The Kier molecular flexibility index (Phi) is 7.33. The molecule has 0 N–H and O–H groups in total. The highest BCUT2D eigenvalue weighted by atomic mass is 32.1. The highest BCUT2D eigenvalue weighted by Crippen LogP contribution is 2.41. The van der Waals surface area contributed by atoms with Gasteiger partial charge in [0.1, 0.15) is 0 Å². The van der Waals surface area contributed by atoms with Crippen LogP contribution in [0.25, 0.3) is 75.6 Å². The molecule has 0 amide bonds. The summed E-state index contributed by atoms with van der Waals surface area (Å²) in [6.07, 6.45) is 0. The number of hydrogen-bond acceptors (Lipinski definition) is 4. The zero-order valence-corrected chi connectivity index (χ0v) is 29.0. The van der Waals surface area contributed by atoms with Gasteiger partial charge in [-0.3, -0.25) is 0 Å². The van der Waals surface area contributed by atoms with E-state index in [0.29, 0.717) is 0 Å². The zero-order chi connectivity index (χ0) is 34.4. The topological polar surface area (TPSA) is 29.0 Å². The molecule has 2 aromatic heterocycles. The number of nitrogens with zero attached hydrogens (tertiary/aromatic N) is 3. The van der Waals surface area contributed by atoms with Crippen molar-refractivity contribution < 1.29 is 0 Å². The van der Waals surface area contributed by atoms with E-state index in [9.17, 15) is 0 Å². The molecule has 0 aliphatic rings. The summed E-state index contributed by atoms with van der Waals surface area (Å²) in [5.74, 6) is 0. The number of rotatable bonds is 6. The van der Waals surface area contributed by atoms with E-state index >= 15 is 0 Å². The predicted octanol–water partition coefficient (Wildman–Crippen LogP) is 13.6. The molecule has 0 aliphatic carbocycles. The Morgan fingerprint density at radius 1 is 0.365 bits per heavy atom. The van der Waals surface area contributed by atoms with E-state index in [1.54, 1.807) is 0 Å². The lowest BCUT2D eigenvalue weighted by Gasteiger charge is -2.26. The first kappa shape index (κ1) is 30.2. The summed E-state index contributed by atoms with van der Waals surface area (Å²) in [4.78, 5) is 12.8. The van der Waals surface area contributed by atoms with Crippen LogP contribution in [0.1, 0.15) is 0 Å². The lowest BCUT2D eigenvalue weighted by molar-refractivity contribution is 1.29. The van der Waals surface area contributed by atoms with E-state index in [2.05, 4.69) is 181 Å². The maximum Gasteiger partial charge on any atom is 0.0973 e. The van der Waals surface area contributed by atoms with Crippen LogP contribution in [-0.2, 0) is 0 Å². The van der Waals surface area contributed by atoms with Crippen LogP contribution in [0.2, 0.25) is 0 Å². The molecule has 52 heavy (non-hydrogen) atoms. The molecule has 0 bridgehead atoms. The van der Waals surface area contributed by atoms with Gasteiger partial charge in [0.2, 0.25) is 0 Å². The largest absolute Gasteiger partial charge is 0.310 e. The second kappa shape index (κ2) is 12.6. The van der Waals surface area contributed by atoms with Crippen molar-refractivity contribution in [1.29, 1.82) is 0 Å². The average Bonchev–Trinajstić information content (AvgIpc) is 3.60. The summed E-state index contributed by atoms with van der Waals surface area (Å²) in [6.45, 7) is 0. The number of fused-ring (bicyclic) bond motifs is 6. The first-order chi connectivity index (χ1) is 25.8. The summed E-state index contributed by atoms with van der Waals surface area (Å²) >= 11 is 1.85. The van der Waals surface area contributed by atoms with Crippen LogP contribution in [-0.4, -0.2) is 9.97 Å². The minimum absolute atomic E-state index is 0.887. The van der Waals surface area contributed by atoms with Crippen LogP contribution >= 0.6 is 11.3 Å². The Hall–Kier alpha value is -6.62. The molecule has 0 fully saturated rings. The number of thiophene rings is 1. The minimum atomic E-state index is 0.887. The number of aromatic nitrogens is 2. The number of hydrogen-bond donors (Lipinski definition) is 0. The maximum absolute atomic E-state index is 5.31. The first-order valence-corrected chi connectivity index (χ1v) is 18.3. The molecular weight excluding hydrogens is 651 g/mol. The standard InChI is InChI=1S/C48H31N3S/c1-4-12-33(13-5-1)46-47(34-14-6-2-7-15-34)50-48-40-27-22-35(30-36(40)23-28-43(48)49-46)32-20-24-38(25-21-32)51(37-16-8-3-9-17-37)39-26-29-45-42(31-39)41-18-10-11-19-44(41)52-45/h1-31H. The van der Waals surface area contributed by atoms with Gasteiger partial charge in [-0.2, -0.15) is 0 Å². The van der Waals surface area contributed by atoms with Crippen molar-refractivity contribution in [2.45, 2.75) is 0 Å². The molecule has 3 nitrogen and oxygen atoms in total. The third-order valence-electron chi connectivity index (χ3n) is 9.84. The number of para-hydroxylation sites is 1. The van der Waals surface area contributed by atoms with Gasteiger partial charge in [-0.25, -0.2) is 9.97 Å². The molecule has 0 atom stereocenters. The minimum Gasteiger partial charge on any atom is -0.310 e. The Morgan fingerprint density at radius 2 is 0.962 bits per heavy atom. The summed E-state index contributed by atoms with van der Waals surface area (Å²) in [5.41, 5.74) is 11.4. The third kappa shape index (κ3) is 5.29. The number of anilines is 3. The molecule has 0 aliphatic heterocycles. The highest BCUT2D eigenvalue weighted by molar-refractivity contribution is 7.25. The van der Waals surface area contributed by atoms with Gasteiger partial charge in [0.15, 0.2) is 0 Å². The molecular formula is C48H31N3S. The fourth-order valence-corrected chi connectivity index (χ4v) is 8.39. The van der Waals surface area contributed by atoms with Gasteiger partial charge in [0, 0.05) is 53.7 Å². The van der Waals surface area contributed by atoms with Gasteiger partial charge >= 0.3 is 0 Å². The Bertz CT molecular complexity index is 2880. The molecule has 10 aromatic rings. The van der Waals surface area contributed by atoms with Gasteiger partial charge in [-0.15, -0.1) is 11.3 Å². The van der Waals surface area contributed by atoms with Crippen molar-refractivity contribution >= 4 is 70.4 Å². The maximum atomic E-state index is 5.31. The van der Waals surface area contributed by atoms with Crippen LogP contribution in [0, 0.1) is 0 Å². The average molecular weight is 682 g/mol. The van der Waals surface area contributed by atoms with Crippen LogP contribution in [0.15, 0.2) is 188 Å². The molecule has 10 rings (SSSR count). The lowest BCUT2D eigenvalue weighted by atomic mass is 9.99. The van der Waals surface area contributed by atoms with Crippen molar-refractivity contribution in [2.24, 2.45) is 0 Å². The Morgan fingerprint density at radius 3 is 1.71 bits per heavy atom. The fourth-order valence-electron chi connectivity index (χ4n) is 7.30. The van der Waals surface area contributed by atoms with Crippen LogP contribution < -0.4 is 4.90 Å².